The molecule has 3 aliphatic rings. The second-order valence-corrected chi connectivity index (χ2v) is 9.83. The van der Waals surface area contributed by atoms with Gasteiger partial charge in [0.05, 0.1) is 6.54 Å². The number of likely N-dealkylation sites (tertiary alicyclic amines) is 3. The van der Waals surface area contributed by atoms with Crippen molar-refractivity contribution in [1.82, 2.24) is 24.9 Å². The van der Waals surface area contributed by atoms with E-state index in [4.69, 9.17) is 4.99 Å². The number of piperidine rings is 2. The number of hydrogen-bond acceptors (Lipinski definition) is 4. The Morgan fingerprint density at radius 1 is 1.00 bits per heavy atom. The third kappa shape index (κ3) is 7.44. The summed E-state index contributed by atoms with van der Waals surface area (Å²) in [6.45, 7) is 19.5. The zero-order valence-corrected chi connectivity index (χ0v) is 23.1. The smallest absolute Gasteiger partial charge is 0.193 e. The minimum Gasteiger partial charge on any atom is -0.357 e. The van der Waals surface area contributed by atoms with Gasteiger partial charge in [-0.15, -0.1) is 24.0 Å². The minimum atomic E-state index is 0. The lowest BCUT2D eigenvalue weighted by molar-refractivity contribution is 0.0206. The molecule has 3 saturated heterocycles. The van der Waals surface area contributed by atoms with Crippen LogP contribution >= 0.6 is 24.0 Å². The molecule has 7 heteroatoms. The zero-order chi connectivity index (χ0) is 21.4. The van der Waals surface area contributed by atoms with Gasteiger partial charge < -0.3 is 20.0 Å². The van der Waals surface area contributed by atoms with Crippen molar-refractivity contribution in [3.05, 3.63) is 0 Å². The largest absolute Gasteiger partial charge is 0.357 e. The Morgan fingerprint density at radius 2 is 1.68 bits per heavy atom. The van der Waals surface area contributed by atoms with Gasteiger partial charge in [0.1, 0.15) is 0 Å². The van der Waals surface area contributed by atoms with E-state index in [1.54, 1.807) is 0 Å². The Labute approximate surface area is 209 Å². The summed E-state index contributed by atoms with van der Waals surface area (Å²) in [7, 11) is 2.27. The maximum Gasteiger partial charge on any atom is 0.193 e. The summed E-state index contributed by atoms with van der Waals surface area (Å²) in [6, 6.07) is 0. The van der Waals surface area contributed by atoms with Crippen LogP contribution in [0.3, 0.4) is 0 Å². The molecule has 3 rings (SSSR count). The molecule has 0 amide bonds. The molecule has 0 saturated carbocycles. The minimum absolute atomic E-state index is 0. The molecule has 3 aliphatic heterocycles. The quantitative estimate of drug-likeness (QED) is 0.287. The summed E-state index contributed by atoms with van der Waals surface area (Å²) in [6.07, 6.45) is 7.94. The second-order valence-electron chi connectivity index (χ2n) is 9.83. The van der Waals surface area contributed by atoms with Gasteiger partial charge >= 0.3 is 0 Å². The number of hydrogen-bond donors (Lipinski definition) is 1. The highest BCUT2D eigenvalue weighted by Crippen LogP contribution is 2.32. The molecule has 0 bridgehead atoms. The average molecular weight is 549 g/mol. The summed E-state index contributed by atoms with van der Waals surface area (Å²) >= 11 is 0. The summed E-state index contributed by atoms with van der Waals surface area (Å²) in [4.78, 5) is 15.7. The maximum atomic E-state index is 5.30. The summed E-state index contributed by atoms with van der Waals surface area (Å²) in [5.74, 6) is 1.93. The van der Waals surface area contributed by atoms with Crippen LogP contribution < -0.4 is 5.32 Å². The van der Waals surface area contributed by atoms with E-state index in [0.29, 0.717) is 0 Å². The van der Waals surface area contributed by atoms with Gasteiger partial charge in [-0.25, -0.2) is 0 Å². The number of rotatable bonds is 8. The van der Waals surface area contributed by atoms with Crippen LogP contribution in [-0.4, -0.2) is 110 Å². The molecule has 1 N–H and O–H groups in total. The predicted octanol–water partition coefficient (Wildman–Crippen LogP) is 3.18. The van der Waals surface area contributed by atoms with E-state index >= 15 is 0 Å². The maximum absolute atomic E-state index is 5.30. The molecule has 182 valence electrons. The van der Waals surface area contributed by atoms with Gasteiger partial charge in [0.25, 0.3) is 0 Å². The van der Waals surface area contributed by atoms with Crippen molar-refractivity contribution >= 4 is 29.9 Å². The molecule has 3 fully saturated rings. The van der Waals surface area contributed by atoms with Crippen molar-refractivity contribution in [2.45, 2.75) is 64.8 Å². The summed E-state index contributed by atoms with van der Waals surface area (Å²) in [5, 5.41) is 3.63. The van der Waals surface area contributed by atoms with Crippen molar-refractivity contribution in [3.8, 4) is 0 Å². The number of guanidine groups is 1. The first-order valence-corrected chi connectivity index (χ1v) is 12.8. The van der Waals surface area contributed by atoms with Crippen LogP contribution in [-0.2, 0) is 0 Å². The molecule has 6 nitrogen and oxygen atoms in total. The van der Waals surface area contributed by atoms with Gasteiger partial charge in [0.2, 0.25) is 0 Å². The number of aliphatic imine (C=N–C) groups is 1. The SMILES string of the molecule is CCNC(=NCC1(N2CCCCC2)CCN(C)CC1)N1CCC(CN(CC)CC)C1.I. The fourth-order valence-electron chi connectivity index (χ4n) is 5.65. The highest BCUT2D eigenvalue weighted by atomic mass is 127. The highest BCUT2D eigenvalue weighted by molar-refractivity contribution is 14.0. The first-order chi connectivity index (χ1) is 14.6. The van der Waals surface area contributed by atoms with Crippen molar-refractivity contribution < 1.29 is 0 Å². The number of nitrogens with one attached hydrogen (secondary N) is 1. The van der Waals surface area contributed by atoms with Crippen molar-refractivity contribution in [3.63, 3.8) is 0 Å². The monoisotopic (exact) mass is 548 g/mol. The first kappa shape index (κ1) is 27.1. The Kier molecular flexibility index (Phi) is 11.9. The lowest BCUT2D eigenvalue weighted by Gasteiger charge is -2.49. The van der Waals surface area contributed by atoms with Gasteiger partial charge in [-0.3, -0.25) is 9.89 Å². The Balaban J connectivity index is 0.00000341. The normalized spacial score (nSPS) is 25.6. The van der Waals surface area contributed by atoms with Crippen molar-refractivity contribution in [2.24, 2.45) is 10.9 Å². The van der Waals surface area contributed by atoms with Gasteiger partial charge in [-0.1, -0.05) is 20.3 Å². The van der Waals surface area contributed by atoms with Gasteiger partial charge in [-0.2, -0.15) is 0 Å². The molecule has 1 unspecified atom stereocenters. The average Bonchev–Trinajstić information content (AvgIpc) is 3.25. The lowest BCUT2D eigenvalue weighted by atomic mass is 9.84. The van der Waals surface area contributed by atoms with Crippen LogP contribution in [0.4, 0.5) is 0 Å². The van der Waals surface area contributed by atoms with Crippen LogP contribution in [0, 0.1) is 5.92 Å². The topological polar surface area (TPSA) is 37.4 Å². The van der Waals surface area contributed by atoms with E-state index in [1.165, 1.54) is 71.2 Å². The first-order valence-electron chi connectivity index (χ1n) is 12.8. The molecular formula is C24H49IN6. The fraction of sp³-hybridized carbons (Fsp3) is 0.958. The van der Waals surface area contributed by atoms with E-state index in [2.05, 4.69) is 52.7 Å². The third-order valence-electron chi connectivity index (χ3n) is 7.80. The lowest BCUT2D eigenvalue weighted by Crippen LogP contribution is -2.58. The molecule has 0 aromatic heterocycles. The second kappa shape index (κ2) is 13.6. The van der Waals surface area contributed by atoms with E-state index in [0.717, 1.165) is 51.1 Å². The van der Waals surface area contributed by atoms with Gasteiger partial charge in [0.15, 0.2) is 5.96 Å². The molecule has 31 heavy (non-hydrogen) atoms. The highest BCUT2D eigenvalue weighted by Gasteiger charge is 2.40. The molecule has 0 spiro atoms. The molecule has 1 atom stereocenters. The molecule has 0 radical (unpaired) electrons. The third-order valence-corrected chi connectivity index (χ3v) is 7.80. The van der Waals surface area contributed by atoms with E-state index < -0.39 is 0 Å². The Bertz CT molecular complexity index is 524. The molecule has 3 heterocycles. The molecular weight excluding hydrogens is 499 g/mol. The van der Waals surface area contributed by atoms with E-state index in [9.17, 15) is 0 Å². The Hall–Kier alpha value is -0.120. The van der Waals surface area contributed by atoms with E-state index in [1.807, 2.05) is 0 Å². The molecule has 0 aromatic rings. The number of halogens is 1. The van der Waals surface area contributed by atoms with Crippen LogP contribution in [0.15, 0.2) is 4.99 Å². The van der Waals surface area contributed by atoms with Crippen molar-refractivity contribution in [2.75, 3.05) is 79.0 Å². The van der Waals surface area contributed by atoms with Gasteiger partial charge in [0, 0.05) is 31.7 Å². The van der Waals surface area contributed by atoms with Crippen molar-refractivity contribution in [1.29, 1.82) is 0 Å². The van der Waals surface area contributed by atoms with Crippen LogP contribution in [0.25, 0.3) is 0 Å². The van der Waals surface area contributed by atoms with E-state index in [-0.39, 0.29) is 29.5 Å². The standard InChI is InChI=1S/C24H48N6.HI/c1-5-25-23(29-16-11-22(20-29)19-28(6-2)7-3)26-21-24(12-17-27(4)18-13-24)30-14-9-8-10-15-30;/h22H,5-21H2,1-4H3,(H,25,26);1H. The zero-order valence-electron chi connectivity index (χ0n) is 20.7. The van der Waals surface area contributed by atoms with Crippen LogP contribution in [0.5, 0.6) is 0 Å². The van der Waals surface area contributed by atoms with Crippen LogP contribution in [0.1, 0.15) is 59.3 Å². The molecule has 0 aliphatic carbocycles. The fourth-order valence-corrected chi connectivity index (χ4v) is 5.65. The molecule has 0 aromatic carbocycles. The number of nitrogens with zero attached hydrogens (tertiary/aromatic N) is 5. The predicted molar refractivity (Wildman–Crippen MR) is 144 cm³/mol. The van der Waals surface area contributed by atoms with Crippen LogP contribution in [0.2, 0.25) is 0 Å². The summed E-state index contributed by atoms with van der Waals surface area (Å²) < 4.78 is 0. The Morgan fingerprint density at radius 3 is 2.29 bits per heavy atom. The van der Waals surface area contributed by atoms with Gasteiger partial charge in [-0.05, 0) is 91.3 Å². The summed E-state index contributed by atoms with van der Waals surface area (Å²) in [5.41, 5.74) is 0.272.